The van der Waals surface area contributed by atoms with Crippen molar-refractivity contribution < 1.29 is 14.3 Å². The van der Waals surface area contributed by atoms with Gasteiger partial charge in [-0.2, -0.15) is 0 Å². The highest BCUT2D eigenvalue weighted by Gasteiger charge is 2.59. The molecule has 0 heterocycles. The van der Waals surface area contributed by atoms with E-state index in [9.17, 15) is 4.79 Å². The van der Waals surface area contributed by atoms with E-state index in [1.807, 2.05) is 12.1 Å². The second-order valence-electron chi connectivity index (χ2n) is 17.1. The predicted octanol–water partition coefficient (Wildman–Crippen LogP) is 12.9. The van der Waals surface area contributed by atoms with Gasteiger partial charge in [0.15, 0.2) is 0 Å². The molecule has 46 heavy (non-hydrogen) atoms. The molecule has 0 saturated heterocycles. The third-order valence-electron chi connectivity index (χ3n) is 13.7. The minimum Gasteiger partial charge on any atom is -0.430 e. The van der Waals surface area contributed by atoms with Crippen LogP contribution in [-0.2, 0) is 11.2 Å². The van der Waals surface area contributed by atoms with E-state index in [0.29, 0.717) is 11.2 Å². The highest BCUT2D eigenvalue weighted by molar-refractivity contribution is 5.64. The molecular weight excluding hydrogens is 564 g/mol. The van der Waals surface area contributed by atoms with Crippen LogP contribution < -0.4 is 4.74 Å². The number of ether oxygens (including phenoxy) is 2. The lowest BCUT2D eigenvalue weighted by Crippen LogP contribution is -2.51. The number of hydrogen-bond acceptors (Lipinski definition) is 3. The van der Waals surface area contributed by atoms with Crippen molar-refractivity contribution in [3.05, 3.63) is 41.5 Å². The normalized spacial score (nSPS) is 32.7. The summed E-state index contributed by atoms with van der Waals surface area (Å²) in [6.45, 7) is 14.8. The van der Waals surface area contributed by atoms with Crippen molar-refractivity contribution in [2.75, 3.05) is 0 Å². The molecule has 0 bridgehead atoms. The maximum Gasteiger partial charge on any atom is 0.514 e. The van der Waals surface area contributed by atoms with Gasteiger partial charge in [0.1, 0.15) is 11.9 Å². The van der Waals surface area contributed by atoms with Gasteiger partial charge in [-0.05, 0) is 122 Å². The van der Waals surface area contributed by atoms with E-state index in [2.05, 4.69) is 59.8 Å². The van der Waals surface area contributed by atoms with Crippen LogP contribution in [0.1, 0.15) is 163 Å². The highest BCUT2D eigenvalue weighted by Crippen LogP contribution is 2.67. The first kappa shape index (κ1) is 35.5. The topological polar surface area (TPSA) is 35.5 Å². The summed E-state index contributed by atoms with van der Waals surface area (Å²) in [5.41, 5.74) is 3.67. The average molecular weight is 633 g/mol. The standard InChI is InChI=1S/C43H68O3/c1-7-8-9-10-11-12-13-17-33-18-21-35(22-19-33)45-41(44)46-36-26-28-42(5)34(30-36)20-23-37-39-25-24-38(32(4)16-14-15-31(2)3)43(39,6)29-27-40(37)42/h18-22,31-32,36-40H,7-17,23-30H2,1-6H3/t32-,36+,37+,38-,39-,40-,42+,43-/m1/s1. The molecule has 4 aliphatic rings. The number of carbonyl (C=O) groups is 1. The van der Waals surface area contributed by atoms with Gasteiger partial charge in [0.05, 0.1) is 0 Å². The van der Waals surface area contributed by atoms with Crippen LogP contribution in [0.4, 0.5) is 4.79 Å². The second kappa shape index (κ2) is 16.1. The van der Waals surface area contributed by atoms with Crippen molar-refractivity contribution in [2.45, 2.75) is 170 Å². The third kappa shape index (κ3) is 8.26. The molecule has 4 aliphatic carbocycles. The third-order valence-corrected chi connectivity index (χ3v) is 13.7. The van der Waals surface area contributed by atoms with Gasteiger partial charge in [-0.15, -0.1) is 0 Å². The van der Waals surface area contributed by atoms with Gasteiger partial charge < -0.3 is 9.47 Å². The molecule has 258 valence electrons. The molecule has 1 aromatic rings. The Hall–Kier alpha value is -1.77. The van der Waals surface area contributed by atoms with Crippen LogP contribution in [0.25, 0.3) is 0 Å². The molecule has 0 radical (unpaired) electrons. The van der Waals surface area contributed by atoms with Crippen LogP contribution in [0.5, 0.6) is 5.75 Å². The van der Waals surface area contributed by atoms with Crippen molar-refractivity contribution in [1.82, 2.24) is 0 Å². The van der Waals surface area contributed by atoms with Crippen LogP contribution in [0.3, 0.4) is 0 Å². The Morgan fingerprint density at radius 3 is 2.33 bits per heavy atom. The SMILES string of the molecule is CCCCCCCCCc1ccc(OC(=O)O[C@H]2CC[C@@]3(C)C(=CC[C@H]4[C@H]5CC[C@H]([C@H](C)CCCC(C)C)[C@@]5(C)CC[C@H]43)C2)cc1. The van der Waals surface area contributed by atoms with E-state index < -0.39 is 6.16 Å². The fourth-order valence-electron chi connectivity index (χ4n) is 11.0. The number of rotatable bonds is 15. The minimum atomic E-state index is -0.546. The second-order valence-corrected chi connectivity index (χ2v) is 17.1. The van der Waals surface area contributed by atoms with Crippen LogP contribution in [0.15, 0.2) is 35.9 Å². The van der Waals surface area contributed by atoms with Gasteiger partial charge >= 0.3 is 6.16 Å². The lowest BCUT2D eigenvalue weighted by atomic mass is 9.47. The lowest BCUT2D eigenvalue weighted by Gasteiger charge is -2.58. The Morgan fingerprint density at radius 2 is 1.59 bits per heavy atom. The molecule has 3 heteroatoms. The summed E-state index contributed by atoms with van der Waals surface area (Å²) < 4.78 is 11.6. The van der Waals surface area contributed by atoms with Crippen LogP contribution in [0.2, 0.25) is 0 Å². The Kier molecular flexibility index (Phi) is 12.4. The Labute approximate surface area is 283 Å². The van der Waals surface area contributed by atoms with E-state index in [0.717, 1.165) is 61.2 Å². The predicted molar refractivity (Wildman–Crippen MR) is 192 cm³/mol. The summed E-state index contributed by atoms with van der Waals surface area (Å²) in [7, 11) is 0. The van der Waals surface area contributed by atoms with E-state index in [-0.39, 0.29) is 11.5 Å². The van der Waals surface area contributed by atoms with E-state index in [1.54, 1.807) is 5.57 Å². The maximum absolute atomic E-state index is 12.8. The zero-order valence-electron chi connectivity index (χ0n) is 30.6. The summed E-state index contributed by atoms with van der Waals surface area (Å²) >= 11 is 0. The average Bonchev–Trinajstić information content (AvgIpc) is 3.38. The molecular formula is C43H68O3. The fourth-order valence-corrected chi connectivity index (χ4v) is 11.0. The number of unbranched alkanes of at least 4 members (excludes halogenated alkanes) is 6. The molecule has 3 nitrogen and oxygen atoms in total. The van der Waals surface area contributed by atoms with Gasteiger partial charge in [0.2, 0.25) is 0 Å². The first-order valence-electron chi connectivity index (χ1n) is 19.8. The van der Waals surface area contributed by atoms with Crippen molar-refractivity contribution in [1.29, 1.82) is 0 Å². The number of carbonyl (C=O) groups excluding carboxylic acids is 1. The number of fused-ring (bicyclic) bond motifs is 5. The zero-order valence-corrected chi connectivity index (χ0v) is 30.6. The Morgan fingerprint density at radius 1 is 0.848 bits per heavy atom. The van der Waals surface area contributed by atoms with Crippen LogP contribution >= 0.6 is 0 Å². The largest absolute Gasteiger partial charge is 0.514 e. The van der Waals surface area contributed by atoms with Crippen molar-refractivity contribution in [3.8, 4) is 5.75 Å². The smallest absolute Gasteiger partial charge is 0.430 e. The van der Waals surface area contributed by atoms with Gasteiger partial charge in [-0.1, -0.05) is 123 Å². The molecule has 1 aromatic carbocycles. The van der Waals surface area contributed by atoms with Crippen LogP contribution in [-0.4, -0.2) is 12.3 Å². The molecule has 0 amide bonds. The summed E-state index contributed by atoms with van der Waals surface area (Å²) in [4.78, 5) is 12.8. The van der Waals surface area contributed by atoms with Crippen molar-refractivity contribution in [2.24, 2.45) is 46.3 Å². The molecule has 5 rings (SSSR count). The molecule has 8 atom stereocenters. The molecule has 0 aromatic heterocycles. The van der Waals surface area contributed by atoms with Gasteiger partial charge in [0.25, 0.3) is 0 Å². The number of aryl methyl sites for hydroxylation is 1. The Bertz CT molecular complexity index is 1140. The first-order valence-corrected chi connectivity index (χ1v) is 19.8. The summed E-state index contributed by atoms with van der Waals surface area (Å²) in [6, 6.07) is 8.06. The maximum atomic E-state index is 12.8. The number of hydrogen-bond donors (Lipinski definition) is 0. The molecule has 3 fully saturated rings. The van der Waals surface area contributed by atoms with E-state index in [1.165, 1.54) is 102 Å². The summed E-state index contributed by atoms with van der Waals surface area (Å²) in [5, 5.41) is 0. The lowest BCUT2D eigenvalue weighted by molar-refractivity contribution is -0.0597. The van der Waals surface area contributed by atoms with Crippen molar-refractivity contribution >= 4 is 6.16 Å². The number of allylic oxidation sites excluding steroid dienone is 1. The molecule has 0 spiro atoms. The van der Waals surface area contributed by atoms with Gasteiger partial charge in [-0.25, -0.2) is 4.79 Å². The summed E-state index contributed by atoms with van der Waals surface area (Å²) in [5.74, 6) is 5.67. The monoisotopic (exact) mass is 633 g/mol. The highest BCUT2D eigenvalue weighted by atomic mass is 16.7. The van der Waals surface area contributed by atoms with Crippen molar-refractivity contribution in [3.63, 3.8) is 0 Å². The molecule has 0 unspecified atom stereocenters. The van der Waals surface area contributed by atoms with E-state index in [4.69, 9.17) is 9.47 Å². The number of benzene rings is 1. The first-order chi connectivity index (χ1) is 22.1. The van der Waals surface area contributed by atoms with Crippen LogP contribution in [0, 0.1) is 46.3 Å². The molecule has 3 saturated carbocycles. The van der Waals surface area contributed by atoms with E-state index >= 15 is 0 Å². The minimum absolute atomic E-state index is 0.0728. The molecule has 0 aliphatic heterocycles. The van der Waals surface area contributed by atoms with Gasteiger partial charge in [0, 0.05) is 6.42 Å². The molecule has 0 N–H and O–H groups in total. The zero-order chi connectivity index (χ0) is 32.7. The van der Waals surface area contributed by atoms with Gasteiger partial charge in [-0.3, -0.25) is 0 Å². The summed E-state index contributed by atoms with van der Waals surface area (Å²) in [6.07, 6.45) is 26.4. The fraction of sp³-hybridized carbons (Fsp3) is 0.791. The Balaban J connectivity index is 1.09. The quantitative estimate of drug-likeness (QED) is 0.0835.